The molecular formula is C10H12F2O2S. The zero-order chi connectivity index (χ0) is 11.3. The Morgan fingerprint density at radius 2 is 2.20 bits per heavy atom. The molecule has 0 fully saturated rings. The number of benzene rings is 1. The normalized spacial score (nSPS) is 12.8. The topological polar surface area (TPSA) is 29.5 Å². The highest BCUT2D eigenvalue weighted by atomic mass is 32.2. The van der Waals surface area contributed by atoms with Crippen LogP contribution in [-0.2, 0) is 4.74 Å². The molecule has 0 radical (unpaired) electrons. The second-order valence-electron chi connectivity index (χ2n) is 2.99. The Morgan fingerprint density at radius 3 is 2.87 bits per heavy atom. The minimum atomic E-state index is -0.678. The number of ether oxygens (including phenoxy) is 1. The molecule has 0 saturated heterocycles. The molecule has 0 aliphatic rings. The standard InChI is InChI=1S/C10H12F2O2S/c1-14-5-8(13)6-15-10-4-7(11)2-3-9(10)12/h2-4,8,13H,5-6H2,1H3. The highest BCUT2D eigenvalue weighted by Crippen LogP contribution is 2.23. The van der Waals surface area contributed by atoms with Gasteiger partial charge < -0.3 is 9.84 Å². The van der Waals surface area contributed by atoms with Gasteiger partial charge in [-0.2, -0.15) is 0 Å². The summed E-state index contributed by atoms with van der Waals surface area (Å²) in [6, 6.07) is 3.24. The first-order valence-corrected chi connectivity index (χ1v) is 5.37. The molecular weight excluding hydrogens is 222 g/mol. The van der Waals surface area contributed by atoms with Crippen molar-refractivity contribution in [3.05, 3.63) is 29.8 Å². The largest absolute Gasteiger partial charge is 0.390 e. The number of aliphatic hydroxyl groups excluding tert-OH is 1. The molecule has 0 aliphatic heterocycles. The predicted octanol–water partition coefficient (Wildman–Crippen LogP) is 2.06. The number of thioether (sulfide) groups is 1. The van der Waals surface area contributed by atoms with Gasteiger partial charge in [-0.25, -0.2) is 8.78 Å². The summed E-state index contributed by atoms with van der Waals surface area (Å²) in [7, 11) is 1.47. The van der Waals surface area contributed by atoms with Crippen molar-refractivity contribution >= 4 is 11.8 Å². The zero-order valence-electron chi connectivity index (χ0n) is 8.24. The molecule has 1 N–H and O–H groups in total. The van der Waals surface area contributed by atoms with Gasteiger partial charge in [-0.15, -0.1) is 11.8 Å². The van der Waals surface area contributed by atoms with Crippen LogP contribution in [0, 0.1) is 11.6 Å². The van der Waals surface area contributed by atoms with E-state index in [1.54, 1.807) is 0 Å². The van der Waals surface area contributed by atoms with Crippen LogP contribution in [0.3, 0.4) is 0 Å². The first-order chi connectivity index (χ1) is 7.13. The molecule has 84 valence electrons. The van der Waals surface area contributed by atoms with Crippen LogP contribution in [0.25, 0.3) is 0 Å². The Morgan fingerprint density at radius 1 is 1.47 bits per heavy atom. The van der Waals surface area contributed by atoms with Gasteiger partial charge in [0.1, 0.15) is 11.6 Å². The summed E-state index contributed by atoms with van der Waals surface area (Å²) in [6.45, 7) is 0.184. The maximum atomic E-state index is 13.1. The van der Waals surface area contributed by atoms with Crippen molar-refractivity contribution in [3.63, 3.8) is 0 Å². The number of hydrogen-bond acceptors (Lipinski definition) is 3. The number of rotatable bonds is 5. The fourth-order valence-corrected chi connectivity index (χ4v) is 1.88. The van der Waals surface area contributed by atoms with Gasteiger partial charge in [0.15, 0.2) is 0 Å². The molecule has 1 aromatic rings. The summed E-state index contributed by atoms with van der Waals surface area (Å²) < 4.78 is 30.6. The third-order valence-corrected chi connectivity index (χ3v) is 2.86. The molecule has 15 heavy (non-hydrogen) atoms. The van der Waals surface area contributed by atoms with E-state index in [9.17, 15) is 13.9 Å². The minimum Gasteiger partial charge on any atom is -0.390 e. The number of aliphatic hydroxyl groups is 1. The van der Waals surface area contributed by atoms with Gasteiger partial charge in [0.05, 0.1) is 12.7 Å². The SMILES string of the molecule is COCC(O)CSc1cc(F)ccc1F. The fraction of sp³-hybridized carbons (Fsp3) is 0.400. The third-order valence-electron chi connectivity index (χ3n) is 1.68. The lowest BCUT2D eigenvalue weighted by Crippen LogP contribution is -2.16. The molecule has 5 heteroatoms. The van der Waals surface area contributed by atoms with Gasteiger partial charge in [0.25, 0.3) is 0 Å². The molecule has 0 aliphatic carbocycles. The van der Waals surface area contributed by atoms with E-state index in [4.69, 9.17) is 4.74 Å². The highest BCUT2D eigenvalue weighted by Gasteiger charge is 2.08. The first-order valence-electron chi connectivity index (χ1n) is 4.38. The van der Waals surface area contributed by atoms with E-state index in [0.717, 1.165) is 30.0 Å². The van der Waals surface area contributed by atoms with Crippen molar-refractivity contribution in [2.45, 2.75) is 11.0 Å². The van der Waals surface area contributed by atoms with Crippen LogP contribution >= 0.6 is 11.8 Å². The fourth-order valence-electron chi connectivity index (χ4n) is 1.01. The maximum absolute atomic E-state index is 13.1. The molecule has 1 rings (SSSR count). The van der Waals surface area contributed by atoms with Gasteiger partial charge in [-0.1, -0.05) is 0 Å². The smallest absolute Gasteiger partial charge is 0.136 e. The third kappa shape index (κ3) is 4.15. The lowest BCUT2D eigenvalue weighted by atomic mass is 10.3. The quantitative estimate of drug-likeness (QED) is 0.791. The van der Waals surface area contributed by atoms with Crippen LogP contribution in [0.5, 0.6) is 0 Å². The Kier molecular flexibility index (Phi) is 5.01. The average Bonchev–Trinajstić information content (AvgIpc) is 2.20. The Bertz CT molecular complexity index is 320. The van der Waals surface area contributed by atoms with Gasteiger partial charge in [0, 0.05) is 17.8 Å². The zero-order valence-corrected chi connectivity index (χ0v) is 9.06. The summed E-state index contributed by atoms with van der Waals surface area (Å²) in [6.07, 6.45) is -0.678. The summed E-state index contributed by atoms with van der Waals surface area (Å²) in [5.74, 6) is -0.694. The molecule has 0 heterocycles. The number of methoxy groups -OCH3 is 1. The minimum absolute atomic E-state index is 0.184. The van der Waals surface area contributed by atoms with Crippen LogP contribution in [0.1, 0.15) is 0 Å². The molecule has 0 aromatic heterocycles. The van der Waals surface area contributed by atoms with E-state index >= 15 is 0 Å². The van der Waals surface area contributed by atoms with Crippen LogP contribution in [0.2, 0.25) is 0 Å². The average molecular weight is 234 g/mol. The van der Waals surface area contributed by atoms with Crippen molar-refractivity contribution in [2.24, 2.45) is 0 Å². The van der Waals surface area contributed by atoms with Gasteiger partial charge in [-0.05, 0) is 18.2 Å². The second-order valence-corrected chi connectivity index (χ2v) is 4.06. The molecule has 2 nitrogen and oxygen atoms in total. The van der Waals surface area contributed by atoms with Crippen LogP contribution in [0.4, 0.5) is 8.78 Å². The second kappa shape index (κ2) is 6.05. The molecule has 0 saturated carbocycles. The number of hydrogen-bond donors (Lipinski definition) is 1. The van der Waals surface area contributed by atoms with Crippen molar-refractivity contribution in [3.8, 4) is 0 Å². The molecule has 0 bridgehead atoms. The van der Waals surface area contributed by atoms with E-state index in [2.05, 4.69) is 0 Å². The summed E-state index contributed by atoms with van der Waals surface area (Å²) in [5, 5.41) is 9.31. The van der Waals surface area contributed by atoms with Crippen LogP contribution in [-0.4, -0.2) is 30.7 Å². The van der Waals surface area contributed by atoms with Crippen molar-refractivity contribution < 1.29 is 18.6 Å². The Hall–Kier alpha value is -0.650. The van der Waals surface area contributed by atoms with Crippen LogP contribution in [0.15, 0.2) is 23.1 Å². The van der Waals surface area contributed by atoms with Gasteiger partial charge >= 0.3 is 0 Å². The molecule has 1 aromatic carbocycles. The Labute approximate surface area is 91.3 Å². The molecule has 0 spiro atoms. The van der Waals surface area contributed by atoms with E-state index < -0.39 is 17.7 Å². The van der Waals surface area contributed by atoms with Crippen LogP contribution < -0.4 is 0 Å². The molecule has 1 atom stereocenters. The van der Waals surface area contributed by atoms with Gasteiger partial charge in [-0.3, -0.25) is 0 Å². The maximum Gasteiger partial charge on any atom is 0.136 e. The highest BCUT2D eigenvalue weighted by molar-refractivity contribution is 7.99. The van der Waals surface area contributed by atoms with E-state index in [-0.39, 0.29) is 17.3 Å². The van der Waals surface area contributed by atoms with Crippen molar-refractivity contribution in [1.29, 1.82) is 0 Å². The lowest BCUT2D eigenvalue weighted by Gasteiger charge is -2.09. The van der Waals surface area contributed by atoms with Crippen molar-refractivity contribution in [2.75, 3.05) is 19.5 Å². The molecule has 1 unspecified atom stereocenters. The van der Waals surface area contributed by atoms with Crippen molar-refractivity contribution in [1.82, 2.24) is 0 Å². The van der Waals surface area contributed by atoms with Gasteiger partial charge in [0.2, 0.25) is 0 Å². The Balaban J connectivity index is 2.53. The first kappa shape index (κ1) is 12.4. The number of halogens is 2. The van der Waals surface area contributed by atoms with E-state index in [1.165, 1.54) is 7.11 Å². The summed E-state index contributed by atoms with van der Waals surface area (Å²) in [5.41, 5.74) is 0. The monoisotopic (exact) mass is 234 g/mol. The molecule has 0 amide bonds. The van der Waals surface area contributed by atoms with E-state index in [1.807, 2.05) is 0 Å². The summed E-state index contributed by atoms with van der Waals surface area (Å²) >= 11 is 1.06. The van der Waals surface area contributed by atoms with E-state index in [0.29, 0.717) is 0 Å². The predicted molar refractivity (Wildman–Crippen MR) is 55.0 cm³/mol. The summed E-state index contributed by atoms with van der Waals surface area (Å²) in [4.78, 5) is 0.199. The lowest BCUT2D eigenvalue weighted by molar-refractivity contribution is 0.0794.